The lowest BCUT2D eigenvalue weighted by Crippen LogP contribution is -2.17. The molecule has 0 aliphatic carbocycles. The van der Waals surface area contributed by atoms with E-state index in [1.807, 2.05) is 12.1 Å². The lowest BCUT2D eigenvalue weighted by Gasteiger charge is -2.11. The lowest BCUT2D eigenvalue weighted by atomic mass is 10.1. The van der Waals surface area contributed by atoms with Crippen molar-refractivity contribution in [2.45, 2.75) is 31.7 Å². The van der Waals surface area contributed by atoms with Crippen LogP contribution in [0.2, 0.25) is 0 Å². The number of carbonyl (C=O) groups excluding carboxylic acids is 1. The van der Waals surface area contributed by atoms with Crippen molar-refractivity contribution in [3.05, 3.63) is 77.0 Å². The van der Waals surface area contributed by atoms with Crippen molar-refractivity contribution in [3.8, 4) is 0 Å². The molecule has 28 heavy (non-hydrogen) atoms. The topological polar surface area (TPSA) is 81.1 Å². The molecule has 0 saturated heterocycles. The minimum atomic E-state index is -3.40. The van der Waals surface area contributed by atoms with Crippen LogP contribution >= 0.6 is 0 Å². The summed E-state index contributed by atoms with van der Waals surface area (Å²) in [6, 6.07) is 14.6. The smallest absolute Gasteiger partial charge is 0.256 e. The van der Waals surface area contributed by atoms with Gasteiger partial charge in [-0.15, -0.1) is 0 Å². The maximum absolute atomic E-state index is 12.6. The van der Waals surface area contributed by atoms with Gasteiger partial charge in [0, 0.05) is 17.9 Å². The van der Waals surface area contributed by atoms with Gasteiger partial charge >= 0.3 is 0 Å². The Morgan fingerprint density at radius 1 is 1.07 bits per heavy atom. The Kier molecular flexibility index (Phi) is 5.65. The summed E-state index contributed by atoms with van der Waals surface area (Å²) in [6.07, 6.45) is 3.73. The number of aryl methyl sites for hydroxylation is 2. The van der Waals surface area contributed by atoms with Gasteiger partial charge in [-0.3, -0.25) is 4.79 Å². The third-order valence-corrected chi connectivity index (χ3v) is 5.81. The average Bonchev–Trinajstić information content (AvgIpc) is 3.08. The molecule has 1 N–H and O–H groups in total. The molecule has 0 spiro atoms. The molecule has 3 rings (SSSR count). The standard InChI is InChI=1S/C21H23N3O3S/c1-4-16-6-8-17(9-7-16)14-24-20(11-12-22-24)23-21(25)18-10-5-15(2)19(13-18)28(3,26)27/h5-13H,4,14H2,1-3H3,(H,23,25). The van der Waals surface area contributed by atoms with Crippen molar-refractivity contribution < 1.29 is 13.2 Å². The second-order valence-electron chi connectivity index (χ2n) is 6.75. The zero-order valence-corrected chi connectivity index (χ0v) is 17.0. The summed E-state index contributed by atoms with van der Waals surface area (Å²) < 4.78 is 25.5. The lowest BCUT2D eigenvalue weighted by molar-refractivity contribution is 0.102. The highest BCUT2D eigenvalue weighted by atomic mass is 32.2. The molecule has 1 amide bonds. The molecular weight excluding hydrogens is 374 g/mol. The number of nitrogens with one attached hydrogen (secondary N) is 1. The van der Waals surface area contributed by atoms with Gasteiger partial charge in [-0.1, -0.05) is 37.3 Å². The predicted molar refractivity (Wildman–Crippen MR) is 109 cm³/mol. The molecule has 3 aromatic rings. The number of sulfone groups is 1. The molecule has 0 fully saturated rings. The minimum absolute atomic E-state index is 0.157. The van der Waals surface area contributed by atoms with Crippen LogP contribution in [0.15, 0.2) is 59.6 Å². The van der Waals surface area contributed by atoms with E-state index in [2.05, 4.69) is 29.5 Å². The Morgan fingerprint density at radius 3 is 2.39 bits per heavy atom. The van der Waals surface area contributed by atoms with Crippen molar-refractivity contribution in [3.63, 3.8) is 0 Å². The highest BCUT2D eigenvalue weighted by Gasteiger charge is 2.16. The van der Waals surface area contributed by atoms with E-state index >= 15 is 0 Å². The van der Waals surface area contributed by atoms with Gasteiger partial charge in [-0.25, -0.2) is 13.1 Å². The summed E-state index contributed by atoms with van der Waals surface area (Å²) >= 11 is 0. The third kappa shape index (κ3) is 4.48. The number of carbonyl (C=O) groups is 1. The first kappa shape index (κ1) is 19.8. The molecule has 6 nitrogen and oxygen atoms in total. The maximum Gasteiger partial charge on any atom is 0.256 e. The quantitative estimate of drug-likeness (QED) is 0.691. The van der Waals surface area contributed by atoms with E-state index in [0.717, 1.165) is 18.2 Å². The molecule has 0 bridgehead atoms. The molecular formula is C21H23N3O3S. The Balaban J connectivity index is 1.79. The fourth-order valence-electron chi connectivity index (χ4n) is 2.95. The van der Waals surface area contributed by atoms with Gasteiger partial charge in [0.1, 0.15) is 5.82 Å². The molecule has 7 heteroatoms. The van der Waals surface area contributed by atoms with Crippen molar-refractivity contribution in [2.75, 3.05) is 11.6 Å². The summed E-state index contributed by atoms with van der Waals surface area (Å²) in [4.78, 5) is 12.8. The monoisotopic (exact) mass is 397 g/mol. The predicted octanol–water partition coefficient (Wildman–Crippen LogP) is 3.46. The SMILES string of the molecule is CCc1ccc(Cn2nccc2NC(=O)c2ccc(C)c(S(C)(=O)=O)c2)cc1. The average molecular weight is 398 g/mol. The number of anilines is 1. The number of amides is 1. The van der Waals surface area contributed by atoms with E-state index in [9.17, 15) is 13.2 Å². The van der Waals surface area contributed by atoms with E-state index in [1.54, 1.807) is 36.0 Å². The summed E-state index contributed by atoms with van der Waals surface area (Å²) in [5.41, 5.74) is 3.23. The first-order chi connectivity index (χ1) is 13.3. The Bertz CT molecular complexity index is 1100. The number of rotatable bonds is 6. The summed E-state index contributed by atoms with van der Waals surface area (Å²) in [5, 5.41) is 7.09. The number of hydrogen-bond donors (Lipinski definition) is 1. The van der Waals surface area contributed by atoms with Crippen LogP contribution in [0.5, 0.6) is 0 Å². The zero-order valence-electron chi connectivity index (χ0n) is 16.1. The van der Waals surface area contributed by atoms with Crippen LogP contribution in [0.25, 0.3) is 0 Å². The molecule has 0 saturated carbocycles. The van der Waals surface area contributed by atoms with E-state index in [1.165, 1.54) is 11.6 Å². The van der Waals surface area contributed by atoms with E-state index in [4.69, 9.17) is 0 Å². The maximum atomic E-state index is 12.6. The molecule has 2 aromatic carbocycles. The van der Waals surface area contributed by atoms with Gasteiger partial charge in [0.05, 0.1) is 17.6 Å². The molecule has 0 radical (unpaired) electrons. The Labute approximate surface area is 165 Å². The second-order valence-corrected chi connectivity index (χ2v) is 8.73. The summed E-state index contributed by atoms with van der Waals surface area (Å²) in [5.74, 6) is 0.166. The van der Waals surface area contributed by atoms with Crippen molar-refractivity contribution >= 4 is 21.6 Å². The first-order valence-corrected chi connectivity index (χ1v) is 10.9. The second kappa shape index (κ2) is 7.98. The van der Waals surface area contributed by atoms with Crippen LogP contribution in [-0.4, -0.2) is 30.4 Å². The molecule has 0 aliphatic heterocycles. The van der Waals surface area contributed by atoms with Crippen molar-refractivity contribution in [1.82, 2.24) is 9.78 Å². The van der Waals surface area contributed by atoms with Crippen LogP contribution in [0, 0.1) is 6.92 Å². The fraction of sp³-hybridized carbons (Fsp3) is 0.238. The number of aromatic nitrogens is 2. The number of hydrogen-bond acceptors (Lipinski definition) is 4. The van der Waals surface area contributed by atoms with Gasteiger partial charge in [-0.05, 0) is 42.2 Å². The van der Waals surface area contributed by atoms with E-state index in [-0.39, 0.29) is 16.4 Å². The summed E-state index contributed by atoms with van der Waals surface area (Å²) in [6.45, 7) is 4.34. The Morgan fingerprint density at radius 2 is 1.75 bits per heavy atom. The van der Waals surface area contributed by atoms with Crippen LogP contribution in [0.4, 0.5) is 5.82 Å². The van der Waals surface area contributed by atoms with Gasteiger partial charge in [0.15, 0.2) is 9.84 Å². The van der Waals surface area contributed by atoms with Crippen LogP contribution in [0.3, 0.4) is 0 Å². The van der Waals surface area contributed by atoms with Crippen molar-refractivity contribution in [2.24, 2.45) is 0 Å². The third-order valence-electron chi connectivity index (χ3n) is 4.57. The number of benzene rings is 2. The van der Waals surface area contributed by atoms with Crippen molar-refractivity contribution in [1.29, 1.82) is 0 Å². The molecule has 146 valence electrons. The largest absolute Gasteiger partial charge is 0.307 e. The highest BCUT2D eigenvalue weighted by molar-refractivity contribution is 7.90. The van der Waals surface area contributed by atoms with E-state index < -0.39 is 9.84 Å². The fourth-order valence-corrected chi connectivity index (χ4v) is 3.94. The van der Waals surface area contributed by atoms with Gasteiger partial charge in [0.2, 0.25) is 0 Å². The highest BCUT2D eigenvalue weighted by Crippen LogP contribution is 2.19. The van der Waals surface area contributed by atoms with Gasteiger partial charge in [-0.2, -0.15) is 5.10 Å². The van der Waals surface area contributed by atoms with Crippen LogP contribution in [-0.2, 0) is 22.8 Å². The molecule has 0 atom stereocenters. The zero-order chi connectivity index (χ0) is 20.3. The normalized spacial score (nSPS) is 11.4. The number of nitrogens with zero attached hydrogens (tertiary/aromatic N) is 2. The van der Waals surface area contributed by atoms with Crippen LogP contribution < -0.4 is 5.32 Å². The van der Waals surface area contributed by atoms with Gasteiger partial charge < -0.3 is 5.32 Å². The molecule has 0 unspecified atom stereocenters. The molecule has 1 aromatic heterocycles. The Hall–Kier alpha value is -2.93. The van der Waals surface area contributed by atoms with Gasteiger partial charge in [0.25, 0.3) is 5.91 Å². The summed E-state index contributed by atoms with van der Waals surface area (Å²) in [7, 11) is -3.40. The first-order valence-electron chi connectivity index (χ1n) is 8.99. The molecule has 0 aliphatic rings. The van der Waals surface area contributed by atoms with E-state index in [0.29, 0.717) is 17.9 Å². The van der Waals surface area contributed by atoms with Crippen LogP contribution in [0.1, 0.15) is 34.0 Å². The molecule has 1 heterocycles. The minimum Gasteiger partial charge on any atom is -0.307 e.